The van der Waals surface area contributed by atoms with Gasteiger partial charge in [-0.15, -0.1) is 24.0 Å². The first kappa shape index (κ1) is 26.5. The zero-order valence-corrected chi connectivity index (χ0v) is 20.1. The lowest BCUT2D eigenvalue weighted by Gasteiger charge is -2.36. The average molecular weight is 545 g/mol. The number of hydrogen-bond donors (Lipinski definition) is 2. The van der Waals surface area contributed by atoms with Gasteiger partial charge in [0, 0.05) is 57.6 Å². The molecule has 1 aliphatic rings. The van der Waals surface area contributed by atoms with Crippen LogP contribution < -0.4 is 10.6 Å². The number of aryl methyl sites for hydroxylation is 1. The van der Waals surface area contributed by atoms with Gasteiger partial charge in [0.05, 0.1) is 13.1 Å². The minimum Gasteiger partial charge on any atom is -0.357 e. The molecule has 2 heterocycles. The Bertz CT molecular complexity index is 713. The monoisotopic (exact) mass is 545 g/mol. The molecule has 1 amide bonds. The molecule has 1 fully saturated rings. The minimum atomic E-state index is -4.51. The van der Waals surface area contributed by atoms with Gasteiger partial charge < -0.3 is 15.5 Å². The quantitative estimate of drug-likeness (QED) is 0.323. The second-order valence-electron chi connectivity index (χ2n) is 7.33. The second kappa shape index (κ2) is 11.7. The Morgan fingerprint density at radius 3 is 2.43 bits per heavy atom. The highest BCUT2D eigenvalue weighted by atomic mass is 127. The van der Waals surface area contributed by atoms with Crippen LogP contribution in [0.2, 0.25) is 0 Å². The van der Waals surface area contributed by atoms with Crippen LogP contribution in [0.5, 0.6) is 0 Å². The molecule has 1 aromatic rings. The topological polar surface area (TPSA) is 77.8 Å². The fourth-order valence-electron chi connectivity index (χ4n) is 3.17. The van der Waals surface area contributed by atoms with Gasteiger partial charge in [0.1, 0.15) is 0 Å². The van der Waals surface area contributed by atoms with Gasteiger partial charge in [0.15, 0.2) is 11.7 Å². The van der Waals surface area contributed by atoms with E-state index < -0.39 is 11.9 Å². The average Bonchev–Trinajstić information content (AvgIpc) is 3.00. The Morgan fingerprint density at radius 2 is 1.90 bits per heavy atom. The SMILES string of the molecule is CCNC(=NCc1cn(C)nc1C(F)(F)F)N1CCN(CC(=O)NC(C)C)CC1.I. The normalized spacial score (nSPS) is 15.9. The van der Waals surface area contributed by atoms with E-state index in [-0.39, 0.29) is 48.0 Å². The number of carbonyl (C=O) groups excluding carboxylic acids is 1. The van der Waals surface area contributed by atoms with Crippen molar-refractivity contribution in [3.05, 3.63) is 17.5 Å². The third-order valence-corrected chi connectivity index (χ3v) is 4.40. The first-order valence-electron chi connectivity index (χ1n) is 9.74. The van der Waals surface area contributed by atoms with Crippen LogP contribution in [0, 0.1) is 0 Å². The molecule has 0 saturated carbocycles. The molecule has 1 saturated heterocycles. The lowest BCUT2D eigenvalue weighted by atomic mass is 10.2. The molecule has 1 aliphatic heterocycles. The largest absolute Gasteiger partial charge is 0.435 e. The fraction of sp³-hybridized carbons (Fsp3) is 0.722. The molecular weight excluding hydrogens is 514 g/mol. The van der Waals surface area contributed by atoms with Crippen molar-refractivity contribution in [1.82, 2.24) is 30.2 Å². The predicted octanol–water partition coefficient (Wildman–Crippen LogP) is 1.66. The summed E-state index contributed by atoms with van der Waals surface area (Å²) in [6.07, 6.45) is -3.16. The number of amides is 1. The Labute approximate surface area is 192 Å². The molecule has 172 valence electrons. The van der Waals surface area contributed by atoms with Gasteiger partial charge in [-0.1, -0.05) is 0 Å². The molecule has 30 heavy (non-hydrogen) atoms. The third-order valence-electron chi connectivity index (χ3n) is 4.40. The van der Waals surface area contributed by atoms with Gasteiger partial charge in [0.2, 0.25) is 5.91 Å². The van der Waals surface area contributed by atoms with E-state index in [1.807, 2.05) is 25.7 Å². The van der Waals surface area contributed by atoms with Crippen LogP contribution in [-0.4, -0.2) is 76.8 Å². The van der Waals surface area contributed by atoms with Gasteiger partial charge in [-0.05, 0) is 20.8 Å². The number of nitrogens with one attached hydrogen (secondary N) is 2. The number of aliphatic imine (C=N–C) groups is 1. The van der Waals surface area contributed by atoms with Crippen LogP contribution in [0.15, 0.2) is 11.2 Å². The predicted molar refractivity (Wildman–Crippen MR) is 120 cm³/mol. The number of halogens is 4. The van der Waals surface area contributed by atoms with Crippen molar-refractivity contribution in [2.45, 2.75) is 39.5 Å². The molecule has 12 heteroatoms. The molecule has 0 spiro atoms. The summed E-state index contributed by atoms with van der Waals surface area (Å²) >= 11 is 0. The molecule has 0 bridgehead atoms. The summed E-state index contributed by atoms with van der Waals surface area (Å²) in [5, 5.41) is 9.53. The maximum Gasteiger partial charge on any atom is 0.435 e. The van der Waals surface area contributed by atoms with Crippen molar-refractivity contribution >= 4 is 35.8 Å². The van der Waals surface area contributed by atoms with Crippen LogP contribution in [0.1, 0.15) is 32.0 Å². The van der Waals surface area contributed by atoms with Crippen LogP contribution >= 0.6 is 24.0 Å². The highest BCUT2D eigenvalue weighted by Gasteiger charge is 2.36. The van der Waals surface area contributed by atoms with Crippen molar-refractivity contribution in [1.29, 1.82) is 0 Å². The molecule has 0 radical (unpaired) electrons. The summed E-state index contributed by atoms with van der Waals surface area (Å²) in [6.45, 7) is 9.21. The Balaban J connectivity index is 0.00000450. The molecular formula is C18H31F3IN7O. The van der Waals surface area contributed by atoms with Gasteiger partial charge in [-0.25, -0.2) is 4.99 Å². The van der Waals surface area contributed by atoms with Crippen LogP contribution in [0.3, 0.4) is 0 Å². The van der Waals surface area contributed by atoms with Gasteiger partial charge >= 0.3 is 6.18 Å². The van der Waals surface area contributed by atoms with E-state index >= 15 is 0 Å². The van der Waals surface area contributed by atoms with E-state index in [0.717, 1.165) is 4.68 Å². The van der Waals surface area contributed by atoms with Crippen molar-refractivity contribution < 1.29 is 18.0 Å². The number of alkyl halides is 3. The summed E-state index contributed by atoms with van der Waals surface area (Å²) in [5.41, 5.74) is -0.861. The Hall–Kier alpha value is -1.57. The van der Waals surface area contributed by atoms with Crippen LogP contribution in [-0.2, 0) is 24.6 Å². The molecule has 0 unspecified atom stereocenters. The molecule has 8 nitrogen and oxygen atoms in total. The Morgan fingerprint density at radius 1 is 1.27 bits per heavy atom. The molecule has 0 aromatic carbocycles. The van der Waals surface area contributed by atoms with E-state index in [9.17, 15) is 18.0 Å². The zero-order valence-electron chi connectivity index (χ0n) is 17.8. The summed E-state index contributed by atoms with van der Waals surface area (Å²) in [4.78, 5) is 20.4. The highest BCUT2D eigenvalue weighted by Crippen LogP contribution is 2.30. The van der Waals surface area contributed by atoms with Crippen molar-refractivity contribution in [3.8, 4) is 0 Å². The minimum absolute atomic E-state index is 0. The summed E-state index contributed by atoms with van der Waals surface area (Å²) in [6, 6.07) is 0.102. The Kier molecular flexibility index (Phi) is 10.3. The summed E-state index contributed by atoms with van der Waals surface area (Å²) in [5.74, 6) is 0.557. The molecule has 2 rings (SSSR count). The lowest BCUT2D eigenvalue weighted by molar-refractivity contribution is -0.142. The van der Waals surface area contributed by atoms with Crippen molar-refractivity contribution in [2.24, 2.45) is 12.0 Å². The number of rotatable bonds is 6. The molecule has 0 aliphatic carbocycles. The van der Waals surface area contributed by atoms with E-state index in [1.165, 1.54) is 13.2 Å². The first-order valence-corrected chi connectivity index (χ1v) is 9.74. The number of hydrogen-bond acceptors (Lipinski definition) is 4. The molecule has 1 aromatic heterocycles. The number of nitrogens with zero attached hydrogens (tertiary/aromatic N) is 5. The van der Waals surface area contributed by atoms with E-state index in [4.69, 9.17) is 0 Å². The maximum atomic E-state index is 13.1. The summed E-state index contributed by atoms with van der Waals surface area (Å²) in [7, 11) is 1.46. The highest BCUT2D eigenvalue weighted by molar-refractivity contribution is 14.0. The number of guanidine groups is 1. The number of piperazine rings is 1. The van der Waals surface area contributed by atoms with E-state index in [0.29, 0.717) is 45.2 Å². The standard InChI is InChI=1S/C18H30F3N7O.HI/c1-5-22-17(23-10-14-11-26(4)25-16(14)18(19,20)21)28-8-6-27(7-9-28)12-15(29)24-13(2)3;/h11,13H,5-10,12H2,1-4H3,(H,22,23)(H,24,29);1H. The second-order valence-corrected chi connectivity index (χ2v) is 7.33. The number of aromatic nitrogens is 2. The third kappa shape index (κ3) is 7.93. The van der Waals surface area contributed by atoms with Crippen LogP contribution in [0.4, 0.5) is 13.2 Å². The van der Waals surface area contributed by atoms with Crippen LogP contribution in [0.25, 0.3) is 0 Å². The lowest BCUT2D eigenvalue weighted by Crippen LogP contribution is -2.54. The fourth-order valence-corrected chi connectivity index (χ4v) is 3.17. The van der Waals surface area contributed by atoms with Crippen molar-refractivity contribution in [2.75, 3.05) is 39.3 Å². The van der Waals surface area contributed by atoms with E-state index in [1.54, 1.807) is 0 Å². The molecule has 2 N–H and O–H groups in total. The summed E-state index contributed by atoms with van der Waals surface area (Å²) < 4.78 is 40.5. The van der Waals surface area contributed by atoms with Crippen molar-refractivity contribution in [3.63, 3.8) is 0 Å². The first-order chi connectivity index (χ1) is 13.6. The smallest absolute Gasteiger partial charge is 0.357 e. The van der Waals surface area contributed by atoms with Gasteiger partial charge in [-0.2, -0.15) is 18.3 Å². The van der Waals surface area contributed by atoms with Gasteiger partial charge in [0.25, 0.3) is 0 Å². The van der Waals surface area contributed by atoms with Gasteiger partial charge in [-0.3, -0.25) is 14.4 Å². The zero-order chi connectivity index (χ0) is 21.6. The molecule has 0 atom stereocenters. The number of carbonyl (C=O) groups is 1. The maximum absolute atomic E-state index is 13.1. The van der Waals surface area contributed by atoms with E-state index in [2.05, 4.69) is 25.6 Å².